The lowest BCUT2D eigenvalue weighted by Gasteiger charge is -2.23. The van der Waals surface area contributed by atoms with E-state index in [0.29, 0.717) is 45.3 Å². The number of nitrogens with zero attached hydrogens (tertiary/aromatic N) is 4. The van der Waals surface area contributed by atoms with Gasteiger partial charge in [0, 0.05) is 47.8 Å². The summed E-state index contributed by atoms with van der Waals surface area (Å²) < 4.78 is 48.4. The van der Waals surface area contributed by atoms with Gasteiger partial charge in [-0.3, -0.25) is 9.88 Å². The molecular formula is C35H37F2N5O5. The Labute approximate surface area is 271 Å². The molecule has 0 radical (unpaired) electrons. The highest BCUT2D eigenvalue weighted by atomic mass is 19.1. The zero-order chi connectivity index (χ0) is 33.6. The molecule has 2 aliphatic rings. The summed E-state index contributed by atoms with van der Waals surface area (Å²) in [6.45, 7) is 7.51. The highest BCUT2D eigenvalue weighted by Gasteiger charge is 2.35. The Morgan fingerprint density at radius 2 is 1.87 bits per heavy atom. The summed E-state index contributed by atoms with van der Waals surface area (Å²) in [4.78, 5) is 24.1. The van der Waals surface area contributed by atoms with Crippen LogP contribution in [0.5, 0.6) is 11.5 Å². The van der Waals surface area contributed by atoms with E-state index >= 15 is 8.78 Å². The molecule has 0 spiro atoms. The van der Waals surface area contributed by atoms with Gasteiger partial charge in [-0.2, -0.15) is 0 Å². The number of rotatable bonds is 7. The molecule has 2 unspecified atom stereocenters. The first-order valence-electron chi connectivity index (χ1n) is 15.3. The lowest BCUT2D eigenvalue weighted by Crippen LogP contribution is -2.26. The van der Waals surface area contributed by atoms with Gasteiger partial charge in [0.1, 0.15) is 40.8 Å². The monoisotopic (exact) mass is 645 g/mol. The fourth-order valence-electron chi connectivity index (χ4n) is 5.82. The lowest BCUT2D eigenvalue weighted by atomic mass is 9.93. The maximum absolute atomic E-state index is 15.4. The van der Waals surface area contributed by atoms with Crippen molar-refractivity contribution in [1.82, 2.24) is 19.4 Å². The molecule has 2 N–H and O–H groups in total. The molecule has 1 aliphatic heterocycles. The number of carbonyl (C=O) groups is 1. The van der Waals surface area contributed by atoms with Crippen molar-refractivity contribution in [2.75, 3.05) is 19.5 Å². The van der Waals surface area contributed by atoms with Gasteiger partial charge in [0.05, 0.1) is 36.9 Å². The van der Waals surface area contributed by atoms with Gasteiger partial charge < -0.3 is 24.6 Å². The minimum atomic E-state index is -1.13. The van der Waals surface area contributed by atoms with Crippen LogP contribution in [0.4, 0.5) is 25.1 Å². The Bertz CT molecular complexity index is 1930. The number of aliphatic hydroxyl groups excluding tert-OH is 1. The number of benzene rings is 1. The van der Waals surface area contributed by atoms with Crippen LogP contribution in [0, 0.1) is 5.92 Å². The number of allylic oxidation sites excluding steroid dienone is 4. The first kappa shape index (κ1) is 32.1. The van der Waals surface area contributed by atoms with Crippen molar-refractivity contribution in [3.8, 4) is 11.5 Å². The largest absolute Gasteiger partial charge is 0.497 e. The van der Waals surface area contributed by atoms with Crippen molar-refractivity contribution in [2.24, 2.45) is 5.92 Å². The number of halogens is 2. The second kappa shape index (κ2) is 12.4. The molecule has 12 heteroatoms. The van der Waals surface area contributed by atoms with Crippen molar-refractivity contribution < 1.29 is 32.9 Å². The number of carbonyl (C=O) groups excluding carboxylic acids is 1. The summed E-state index contributed by atoms with van der Waals surface area (Å²) in [7, 11) is 3.12. The third-order valence-electron chi connectivity index (χ3n) is 8.17. The summed E-state index contributed by atoms with van der Waals surface area (Å²) in [5.74, 6) is -0.233. The van der Waals surface area contributed by atoms with Crippen LogP contribution in [0.15, 0.2) is 66.4 Å². The number of aliphatic hydroxyl groups is 1. The average molecular weight is 646 g/mol. The number of anilines is 2. The Balaban J connectivity index is 1.41. The number of nitrogens with one attached hydrogen (secondary N) is 1. The molecule has 6 rings (SSSR count). The molecule has 1 aromatic carbocycles. The maximum atomic E-state index is 15.4. The minimum absolute atomic E-state index is 0.0957. The maximum Gasteiger partial charge on any atom is 0.420 e. The smallest absolute Gasteiger partial charge is 0.420 e. The average Bonchev–Trinajstić information content (AvgIpc) is 3.59. The molecular weight excluding hydrogens is 608 g/mol. The highest BCUT2D eigenvalue weighted by Crippen LogP contribution is 2.43. The van der Waals surface area contributed by atoms with Crippen LogP contribution >= 0.6 is 0 Å². The molecule has 0 saturated carbocycles. The van der Waals surface area contributed by atoms with Crippen molar-refractivity contribution in [1.29, 1.82) is 0 Å². The standard InChI is InChI=1S/C35H37F2N5O5/c1-19-7-11-23(36)29(31(19)37)24-16-25(39-28-12-9-20-13-14-42(32(20)40-28)34(44)47-35(2,3)4)30-26(38-24)18-41(33(30)43)17-21-8-10-22(45-5)15-27(21)46-6/h8-16,19,33,43H,7,17-18H2,1-6H3,(H,38,39,40). The Hall–Kier alpha value is -4.81. The summed E-state index contributed by atoms with van der Waals surface area (Å²) >= 11 is 0. The SMILES string of the molecule is COc1ccc(CN2Cc3nc(C4=C(F)C(C)CC=C4F)cc(Nc4ccc5ccn(C(=O)OC(C)(C)C)c5n4)c3C2O)c(OC)c1. The molecule has 4 heterocycles. The number of pyridine rings is 2. The predicted molar refractivity (Wildman–Crippen MR) is 174 cm³/mol. The van der Waals surface area contributed by atoms with Crippen molar-refractivity contribution in [3.05, 3.63) is 88.9 Å². The van der Waals surface area contributed by atoms with Crippen LogP contribution in [0.25, 0.3) is 16.6 Å². The van der Waals surface area contributed by atoms with Crippen LogP contribution in [0.2, 0.25) is 0 Å². The van der Waals surface area contributed by atoms with E-state index in [4.69, 9.17) is 14.2 Å². The zero-order valence-corrected chi connectivity index (χ0v) is 27.1. The lowest BCUT2D eigenvalue weighted by molar-refractivity contribution is 0.00758. The second-order valence-electron chi connectivity index (χ2n) is 12.7. The van der Waals surface area contributed by atoms with Crippen LogP contribution < -0.4 is 14.8 Å². The normalized spacial score (nSPS) is 18.3. The molecule has 0 fully saturated rings. The molecule has 2 atom stereocenters. The summed E-state index contributed by atoms with van der Waals surface area (Å²) in [5, 5.41) is 15.6. The first-order valence-corrected chi connectivity index (χ1v) is 15.3. The summed E-state index contributed by atoms with van der Waals surface area (Å²) in [6, 6.07) is 12.2. The second-order valence-corrected chi connectivity index (χ2v) is 12.7. The molecule has 10 nitrogen and oxygen atoms in total. The van der Waals surface area contributed by atoms with E-state index in [9.17, 15) is 9.90 Å². The topological polar surface area (TPSA) is 111 Å². The van der Waals surface area contributed by atoms with Crippen LogP contribution in [-0.4, -0.2) is 50.5 Å². The third kappa shape index (κ3) is 6.30. The van der Waals surface area contributed by atoms with Crippen molar-refractivity contribution >= 4 is 34.2 Å². The van der Waals surface area contributed by atoms with Crippen molar-refractivity contribution in [3.63, 3.8) is 0 Å². The van der Waals surface area contributed by atoms with Gasteiger partial charge in [-0.05, 0) is 63.6 Å². The molecule has 246 valence electrons. The van der Waals surface area contributed by atoms with Crippen LogP contribution in [-0.2, 0) is 17.8 Å². The van der Waals surface area contributed by atoms with Gasteiger partial charge in [-0.1, -0.05) is 13.0 Å². The Morgan fingerprint density at radius 1 is 1.09 bits per heavy atom. The van der Waals surface area contributed by atoms with Gasteiger partial charge in [-0.25, -0.2) is 23.1 Å². The van der Waals surface area contributed by atoms with E-state index < -0.39 is 35.5 Å². The first-order chi connectivity index (χ1) is 22.4. The number of hydrogen-bond acceptors (Lipinski definition) is 9. The molecule has 4 aromatic rings. The van der Waals surface area contributed by atoms with Gasteiger partial charge in [0.15, 0.2) is 5.65 Å². The van der Waals surface area contributed by atoms with E-state index in [1.165, 1.54) is 16.7 Å². The Kier molecular flexibility index (Phi) is 8.49. The number of methoxy groups -OCH3 is 2. The fraction of sp³-hybridized carbons (Fsp3) is 0.343. The number of fused-ring (bicyclic) bond motifs is 2. The third-order valence-corrected chi connectivity index (χ3v) is 8.17. The molecule has 0 saturated heterocycles. The Morgan fingerprint density at radius 3 is 2.60 bits per heavy atom. The molecule has 1 aliphatic carbocycles. The van der Waals surface area contributed by atoms with E-state index in [0.717, 1.165) is 5.56 Å². The molecule has 47 heavy (non-hydrogen) atoms. The van der Waals surface area contributed by atoms with Gasteiger partial charge >= 0.3 is 6.09 Å². The zero-order valence-electron chi connectivity index (χ0n) is 27.1. The van der Waals surface area contributed by atoms with Gasteiger partial charge in [0.2, 0.25) is 0 Å². The molecule has 0 bridgehead atoms. The van der Waals surface area contributed by atoms with E-state index in [1.54, 1.807) is 83.3 Å². The number of hydrogen-bond donors (Lipinski definition) is 2. The van der Waals surface area contributed by atoms with E-state index in [2.05, 4.69) is 15.3 Å². The van der Waals surface area contributed by atoms with Gasteiger partial charge in [-0.15, -0.1) is 0 Å². The molecule has 0 amide bonds. The van der Waals surface area contributed by atoms with E-state index in [-0.39, 0.29) is 30.8 Å². The van der Waals surface area contributed by atoms with Crippen LogP contribution in [0.3, 0.4) is 0 Å². The highest BCUT2D eigenvalue weighted by molar-refractivity contribution is 5.88. The molecule has 3 aromatic heterocycles. The number of aromatic nitrogens is 3. The van der Waals surface area contributed by atoms with Gasteiger partial charge in [0.25, 0.3) is 0 Å². The predicted octanol–water partition coefficient (Wildman–Crippen LogP) is 7.56. The number of ether oxygens (including phenoxy) is 3. The summed E-state index contributed by atoms with van der Waals surface area (Å²) in [6.07, 6.45) is 1.48. The summed E-state index contributed by atoms with van der Waals surface area (Å²) in [5.41, 5.74) is 1.60. The van der Waals surface area contributed by atoms with Crippen LogP contribution in [0.1, 0.15) is 62.9 Å². The van der Waals surface area contributed by atoms with Crippen molar-refractivity contribution in [2.45, 2.75) is 59.0 Å². The fourth-order valence-corrected chi connectivity index (χ4v) is 5.82. The minimum Gasteiger partial charge on any atom is -0.497 e. The quantitative estimate of drug-likeness (QED) is 0.210. The van der Waals surface area contributed by atoms with E-state index in [1.807, 2.05) is 6.07 Å².